The Morgan fingerprint density at radius 3 is 2.47 bits per heavy atom. The summed E-state index contributed by atoms with van der Waals surface area (Å²) in [4.78, 5) is 12.9. The van der Waals surface area contributed by atoms with Gasteiger partial charge in [-0.1, -0.05) is 30.3 Å². The molecule has 2 aromatic carbocycles. The van der Waals surface area contributed by atoms with E-state index in [1.807, 2.05) is 30.3 Å². The zero-order valence-corrected chi connectivity index (χ0v) is 10.5. The monoisotopic (exact) mass is 254 g/mol. The molecule has 0 radical (unpaired) electrons. The van der Waals surface area contributed by atoms with E-state index >= 15 is 0 Å². The molecule has 4 nitrogen and oxygen atoms in total. The molecule has 2 aromatic rings. The molecule has 0 unspecified atom stereocenters. The van der Waals surface area contributed by atoms with Gasteiger partial charge in [-0.25, -0.2) is 0 Å². The Bertz CT molecular complexity index is 625. The first-order chi connectivity index (χ1) is 9.27. The van der Waals surface area contributed by atoms with Crippen molar-refractivity contribution in [1.29, 1.82) is 0 Å². The first-order valence-electron chi connectivity index (χ1n) is 6.36. The summed E-state index contributed by atoms with van der Waals surface area (Å²) in [5, 5.41) is 11.2. The molecule has 0 spiro atoms. The van der Waals surface area contributed by atoms with Crippen molar-refractivity contribution < 1.29 is 4.92 Å². The van der Waals surface area contributed by atoms with Crippen molar-refractivity contribution in [2.24, 2.45) is 0 Å². The lowest BCUT2D eigenvalue weighted by Gasteiger charge is -2.30. The van der Waals surface area contributed by atoms with Gasteiger partial charge in [0.05, 0.1) is 4.92 Å². The molecule has 0 aliphatic carbocycles. The molecule has 0 bridgehead atoms. The highest BCUT2D eigenvalue weighted by Crippen LogP contribution is 2.37. The third-order valence-electron chi connectivity index (χ3n) is 3.48. The molecule has 96 valence electrons. The molecule has 0 saturated heterocycles. The van der Waals surface area contributed by atoms with E-state index in [0.29, 0.717) is 5.69 Å². The number of aryl methyl sites for hydroxylation is 1. The topological polar surface area (TPSA) is 46.4 Å². The number of nitrogens with zero attached hydrogens (tertiary/aromatic N) is 2. The number of hydrogen-bond acceptors (Lipinski definition) is 3. The maximum atomic E-state index is 11.2. The summed E-state index contributed by atoms with van der Waals surface area (Å²) < 4.78 is 0. The Labute approximate surface area is 111 Å². The van der Waals surface area contributed by atoms with E-state index in [1.165, 1.54) is 5.56 Å². The van der Waals surface area contributed by atoms with Crippen LogP contribution < -0.4 is 4.90 Å². The van der Waals surface area contributed by atoms with E-state index in [2.05, 4.69) is 11.0 Å². The fourth-order valence-corrected chi connectivity index (χ4v) is 2.63. The second-order valence-electron chi connectivity index (χ2n) is 4.63. The highest BCUT2D eigenvalue weighted by Gasteiger charge is 2.23. The number of nitro groups is 1. The summed E-state index contributed by atoms with van der Waals surface area (Å²) in [5.74, 6) is 0. The van der Waals surface area contributed by atoms with Gasteiger partial charge in [0, 0.05) is 18.3 Å². The van der Waals surface area contributed by atoms with Crippen LogP contribution >= 0.6 is 0 Å². The number of nitro benzene ring substituents is 1. The molecule has 0 fully saturated rings. The minimum atomic E-state index is -0.313. The van der Waals surface area contributed by atoms with Crippen LogP contribution in [0.5, 0.6) is 0 Å². The van der Waals surface area contributed by atoms with Gasteiger partial charge in [-0.05, 0) is 30.5 Å². The van der Waals surface area contributed by atoms with Crippen molar-refractivity contribution in [3.05, 3.63) is 64.2 Å². The summed E-state index contributed by atoms with van der Waals surface area (Å²) in [6.07, 6.45) is 2.05. The van der Waals surface area contributed by atoms with Gasteiger partial charge in [0.25, 0.3) is 5.69 Å². The van der Waals surface area contributed by atoms with Crippen LogP contribution in [0, 0.1) is 10.1 Å². The minimum Gasteiger partial charge on any atom is -0.336 e. The molecule has 0 amide bonds. The van der Waals surface area contributed by atoms with Crippen molar-refractivity contribution in [2.45, 2.75) is 12.8 Å². The summed E-state index contributed by atoms with van der Waals surface area (Å²) in [6.45, 7) is 0.821. The lowest BCUT2D eigenvalue weighted by atomic mass is 10.0. The molecule has 1 aliphatic heterocycles. The Hall–Kier alpha value is -2.36. The van der Waals surface area contributed by atoms with Crippen LogP contribution in [0.15, 0.2) is 48.5 Å². The smallest absolute Gasteiger partial charge is 0.292 e. The summed E-state index contributed by atoms with van der Waals surface area (Å²) >= 11 is 0. The molecule has 19 heavy (non-hydrogen) atoms. The minimum absolute atomic E-state index is 0.166. The molecule has 0 saturated carbocycles. The van der Waals surface area contributed by atoms with Crippen molar-refractivity contribution in [2.75, 3.05) is 11.4 Å². The third kappa shape index (κ3) is 2.05. The number of rotatable bonds is 2. The van der Waals surface area contributed by atoms with Gasteiger partial charge < -0.3 is 4.90 Å². The van der Waals surface area contributed by atoms with Crippen molar-refractivity contribution in [3.8, 4) is 0 Å². The average molecular weight is 254 g/mol. The lowest BCUT2D eigenvalue weighted by Crippen LogP contribution is -2.25. The molecular weight excluding hydrogens is 240 g/mol. The first kappa shape index (κ1) is 11.7. The Kier molecular flexibility index (Phi) is 2.91. The summed E-state index contributed by atoms with van der Waals surface area (Å²) in [6, 6.07) is 15.1. The first-order valence-corrected chi connectivity index (χ1v) is 6.36. The van der Waals surface area contributed by atoms with Crippen molar-refractivity contribution in [1.82, 2.24) is 0 Å². The van der Waals surface area contributed by atoms with E-state index in [1.54, 1.807) is 12.1 Å². The standard InChI is InChI=1S/C15H14N2O2/c18-17(19)15-10-4-3-9-14(15)16-11-5-7-12-6-1-2-8-13(12)16/h1-4,6,8-10H,5,7,11H2. The highest BCUT2D eigenvalue weighted by atomic mass is 16.6. The van der Waals surface area contributed by atoms with Crippen LogP contribution in [0.1, 0.15) is 12.0 Å². The zero-order valence-electron chi connectivity index (χ0n) is 10.5. The zero-order chi connectivity index (χ0) is 13.2. The number of anilines is 2. The Morgan fingerprint density at radius 1 is 1.00 bits per heavy atom. The molecule has 0 N–H and O–H groups in total. The predicted octanol–water partition coefficient (Wildman–Crippen LogP) is 3.68. The van der Waals surface area contributed by atoms with Gasteiger partial charge in [0.1, 0.15) is 5.69 Å². The lowest BCUT2D eigenvalue weighted by molar-refractivity contribution is -0.384. The van der Waals surface area contributed by atoms with Crippen LogP contribution in [0.25, 0.3) is 0 Å². The SMILES string of the molecule is O=[N+]([O-])c1ccccc1N1CCCc2ccccc21. The number of benzene rings is 2. The molecule has 4 heteroatoms. The summed E-state index contributed by atoms with van der Waals surface area (Å²) in [5.41, 5.74) is 3.19. The van der Waals surface area contributed by atoms with Gasteiger partial charge in [-0.3, -0.25) is 10.1 Å². The maximum absolute atomic E-state index is 11.2. The molecular formula is C15H14N2O2. The largest absolute Gasteiger partial charge is 0.336 e. The summed E-state index contributed by atoms with van der Waals surface area (Å²) in [7, 11) is 0. The van der Waals surface area contributed by atoms with Gasteiger partial charge in [0.2, 0.25) is 0 Å². The Morgan fingerprint density at radius 2 is 1.68 bits per heavy atom. The van der Waals surface area contributed by atoms with Crippen LogP contribution in [-0.2, 0) is 6.42 Å². The van der Waals surface area contributed by atoms with Crippen molar-refractivity contribution in [3.63, 3.8) is 0 Å². The number of hydrogen-bond donors (Lipinski definition) is 0. The van der Waals surface area contributed by atoms with E-state index in [-0.39, 0.29) is 10.6 Å². The van der Waals surface area contributed by atoms with Crippen LogP contribution in [0.4, 0.5) is 17.1 Å². The van der Waals surface area contributed by atoms with Gasteiger partial charge in [0.15, 0.2) is 0 Å². The van der Waals surface area contributed by atoms with E-state index in [9.17, 15) is 10.1 Å². The van der Waals surface area contributed by atoms with E-state index < -0.39 is 0 Å². The predicted molar refractivity (Wildman–Crippen MR) is 74.9 cm³/mol. The normalized spacial score (nSPS) is 14.0. The number of para-hydroxylation sites is 3. The highest BCUT2D eigenvalue weighted by molar-refractivity contribution is 5.74. The fourth-order valence-electron chi connectivity index (χ4n) is 2.63. The van der Waals surface area contributed by atoms with Crippen LogP contribution in [-0.4, -0.2) is 11.5 Å². The van der Waals surface area contributed by atoms with Gasteiger partial charge >= 0.3 is 0 Å². The van der Waals surface area contributed by atoms with E-state index in [4.69, 9.17) is 0 Å². The molecule has 1 aliphatic rings. The van der Waals surface area contributed by atoms with Crippen LogP contribution in [0.3, 0.4) is 0 Å². The maximum Gasteiger partial charge on any atom is 0.292 e. The van der Waals surface area contributed by atoms with Crippen LogP contribution in [0.2, 0.25) is 0 Å². The van der Waals surface area contributed by atoms with Gasteiger partial charge in [-0.15, -0.1) is 0 Å². The molecule has 3 rings (SSSR count). The molecule has 0 atom stereocenters. The molecule has 0 aromatic heterocycles. The second kappa shape index (κ2) is 4.72. The average Bonchev–Trinajstić information content (AvgIpc) is 2.46. The Balaban J connectivity index is 2.12. The third-order valence-corrected chi connectivity index (χ3v) is 3.48. The van der Waals surface area contributed by atoms with Crippen molar-refractivity contribution >= 4 is 17.1 Å². The van der Waals surface area contributed by atoms with E-state index in [0.717, 1.165) is 25.1 Å². The fraction of sp³-hybridized carbons (Fsp3) is 0.200. The quantitative estimate of drug-likeness (QED) is 0.606. The molecule has 1 heterocycles. The number of fused-ring (bicyclic) bond motifs is 1. The van der Waals surface area contributed by atoms with Gasteiger partial charge in [-0.2, -0.15) is 0 Å². The second-order valence-corrected chi connectivity index (χ2v) is 4.63.